The first kappa shape index (κ1) is 27.2. The van der Waals surface area contributed by atoms with Crippen molar-refractivity contribution < 1.29 is 29.0 Å². The molecule has 11 heteroatoms. The van der Waals surface area contributed by atoms with E-state index in [-0.39, 0.29) is 17.0 Å². The van der Waals surface area contributed by atoms with Gasteiger partial charge in [0.1, 0.15) is 11.3 Å². The fourth-order valence-corrected chi connectivity index (χ4v) is 5.14. The third-order valence-electron chi connectivity index (χ3n) is 7.17. The molecule has 0 unspecified atom stereocenters. The van der Waals surface area contributed by atoms with Crippen molar-refractivity contribution >= 4 is 40.0 Å². The first-order valence-corrected chi connectivity index (χ1v) is 13.1. The number of fused-ring (bicyclic) bond motifs is 2. The van der Waals surface area contributed by atoms with Crippen LogP contribution in [0.15, 0.2) is 87.1 Å². The highest BCUT2D eigenvalue weighted by Crippen LogP contribution is 2.33. The van der Waals surface area contributed by atoms with Gasteiger partial charge in [0.25, 0.3) is 5.56 Å². The Labute approximate surface area is 243 Å². The third-order valence-corrected chi connectivity index (χ3v) is 7.17. The first-order valence-electron chi connectivity index (χ1n) is 13.1. The van der Waals surface area contributed by atoms with Gasteiger partial charge in [0.05, 0.1) is 40.7 Å². The lowest BCUT2D eigenvalue weighted by atomic mass is 10.1. The number of carboxylic acid groups (broad SMARTS) is 2. The zero-order chi connectivity index (χ0) is 30.4. The highest BCUT2D eigenvalue weighted by atomic mass is 16.5. The van der Waals surface area contributed by atoms with Gasteiger partial charge in [-0.25, -0.2) is 14.6 Å². The molecule has 0 radical (unpaired) electrons. The van der Waals surface area contributed by atoms with Crippen LogP contribution in [0.3, 0.4) is 0 Å². The van der Waals surface area contributed by atoms with Crippen molar-refractivity contribution in [3.8, 4) is 23.0 Å². The number of aromatic nitrogens is 3. The van der Waals surface area contributed by atoms with Crippen molar-refractivity contribution in [2.45, 2.75) is 13.8 Å². The van der Waals surface area contributed by atoms with Gasteiger partial charge in [-0.2, -0.15) is 9.78 Å². The minimum atomic E-state index is -1.24. The molecule has 0 bridgehead atoms. The fourth-order valence-electron chi connectivity index (χ4n) is 5.14. The molecule has 0 aliphatic rings. The summed E-state index contributed by atoms with van der Waals surface area (Å²) in [5, 5.41) is 24.7. The molecular weight excluding hydrogens is 552 g/mol. The number of methoxy groups -OCH3 is 1. The van der Waals surface area contributed by atoms with Crippen LogP contribution in [0.1, 0.15) is 37.7 Å². The lowest BCUT2D eigenvalue weighted by Gasteiger charge is -2.12. The van der Waals surface area contributed by atoms with E-state index in [2.05, 4.69) is 5.10 Å². The summed E-state index contributed by atoms with van der Waals surface area (Å²) in [4.78, 5) is 41.8. The van der Waals surface area contributed by atoms with Gasteiger partial charge in [0, 0.05) is 22.6 Å². The molecule has 0 spiro atoms. The molecule has 0 aliphatic heterocycles. The van der Waals surface area contributed by atoms with Crippen LogP contribution < -0.4 is 10.3 Å². The molecule has 0 amide bonds. The van der Waals surface area contributed by atoms with E-state index in [4.69, 9.17) is 14.1 Å². The van der Waals surface area contributed by atoms with Crippen molar-refractivity contribution in [3.63, 3.8) is 0 Å². The minimum absolute atomic E-state index is 0.154. The topological polar surface area (TPSA) is 149 Å². The second kappa shape index (κ2) is 10.5. The molecule has 6 aromatic rings. The molecule has 0 aliphatic carbocycles. The molecule has 0 fully saturated rings. The third kappa shape index (κ3) is 4.72. The zero-order valence-electron chi connectivity index (χ0n) is 23.2. The summed E-state index contributed by atoms with van der Waals surface area (Å²) in [5.74, 6) is -1.37. The van der Waals surface area contributed by atoms with Crippen molar-refractivity contribution in [2.24, 2.45) is 5.10 Å². The van der Waals surface area contributed by atoms with Crippen molar-refractivity contribution in [1.29, 1.82) is 0 Å². The number of para-hydroxylation sites is 1. The second-order valence-electron chi connectivity index (χ2n) is 9.84. The van der Waals surface area contributed by atoms with E-state index in [0.29, 0.717) is 56.0 Å². The molecular formula is C32H24N4O7. The molecule has 3 aromatic carbocycles. The molecule has 3 heterocycles. The van der Waals surface area contributed by atoms with Crippen LogP contribution >= 0.6 is 0 Å². The maximum atomic E-state index is 13.7. The van der Waals surface area contributed by atoms with Crippen LogP contribution in [-0.2, 0) is 0 Å². The van der Waals surface area contributed by atoms with E-state index in [9.17, 15) is 24.6 Å². The van der Waals surface area contributed by atoms with Crippen molar-refractivity contribution in [1.82, 2.24) is 14.2 Å². The molecule has 43 heavy (non-hydrogen) atoms. The van der Waals surface area contributed by atoms with Crippen molar-refractivity contribution in [3.05, 3.63) is 111 Å². The monoisotopic (exact) mass is 576 g/mol. The first-order chi connectivity index (χ1) is 20.7. The van der Waals surface area contributed by atoms with Crippen LogP contribution in [0.25, 0.3) is 39.1 Å². The average molecular weight is 577 g/mol. The highest BCUT2D eigenvalue weighted by molar-refractivity contribution is 5.95. The number of aromatic carboxylic acids is 2. The lowest BCUT2D eigenvalue weighted by molar-refractivity contribution is 0.0696. The summed E-state index contributed by atoms with van der Waals surface area (Å²) in [6.07, 6.45) is 1.50. The molecule has 0 atom stereocenters. The summed E-state index contributed by atoms with van der Waals surface area (Å²) in [6, 6.07) is 19.8. The summed E-state index contributed by atoms with van der Waals surface area (Å²) in [7, 11) is 1.56. The van der Waals surface area contributed by atoms with Crippen LogP contribution in [-0.4, -0.2) is 49.7 Å². The predicted molar refractivity (Wildman–Crippen MR) is 160 cm³/mol. The van der Waals surface area contributed by atoms with Gasteiger partial charge >= 0.3 is 11.9 Å². The Balaban J connectivity index is 1.51. The average Bonchev–Trinajstić information content (AvgIpc) is 3.56. The second-order valence-corrected chi connectivity index (χ2v) is 9.84. The normalized spacial score (nSPS) is 11.5. The van der Waals surface area contributed by atoms with Gasteiger partial charge in [-0.05, 0) is 68.4 Å². The Hall–Kier alpha value is -5.97. The highest BCUT2D eigenvalue weighted by Gasteiger charge is 2.19. The Morgan fingerprint density at radius 3 is 2.35 bits per heavy atom. The summed E-state index contributed by atoms with van der Waals surface area (Å²) in [6.45, 7) is 3.59. The maximum absolute atomic E-state index is 13.7. The summed E-state index contributed by atoms with van der Waals surface area (Å²) < 4.78 is 14.5. The van der Waals surface area contributed by atoms with E-state index >= 15 is 0 Å². The zero-order valence-corrected chi connectivity index (χ0v) is 23.2. The van der Waals surface area contributed by atoms with Crippen LogP contribution in [0.2, 0.25) is 0 Å². The fraction of sp³-hybridized carbons (Fsp3) is 0.0938. The van der Waals surface area contributed by atoms with Crippen LogP contribution in [0.5, 0.6) is 5.75 Å². The van der Waals surface area contributed by atoms with Gasteiger partial charge in [0.2, 0.25) is 5.82 Å². The number of nitrogens with zero attached hydrogens (tertiary/aromatic N) is 4. The summed E-state index contributed by atoms with van der Waals surface area (Å²) >= 11 is 0. The van der Waals surface area contributed by atoms with E-state index < -0.39 is 17.5 Å². The maximum Gasteiger partial charge on any atom is 0.335 e. The number of ether oxygens (including phenoxy) is 1. The largest absolute Gasteiger partial charge is 0.496 e. The Morgan fingerprint density at radius 2 is 1.65 bits per heavy atom. The standard InChI is InChI=1S/C32H24N4O7/c1-17-11-21(18(2)35(17)22-13-19(31(38)39)12-20(14-22)32(40)41)16-33-36-29(34-25-8-5-4-7-23(25)30(36)37)28-15-24-26(42-3)9-6-10-27(24)43-28/h4-16H,1-3H3,(H,38,39)(H,40,41). The number of furan rings is 1. The quantitative estimate of drug-likeness (QED) is 0.237. The Morgan fingerprint density at radius 1 is 0.930 bits per heavy atom. The van der Waals surface area contributed by atoms with Gasteiger partial charge in [-0.15, -0.1) is 0 Å². The smallest absolute Gasteiger partial charge is 0.335 e. The number of carboxylic acids is 2. The van der Waals surface area contributed by atoms with Crippen LogP contribution in [0.4, 0.5) is 0 Å². The SMILES string of the molecule is COc1cccc2oc(-c3nc4ccccc4c(=O)n3N=Cc3cc(C)n(-c4cc(C(=O)O)cc(C(=O)O)c4)c3C)cc12. The van der Waals surface area contributed by atoms with Gasteiger partial charge in [-0.1, -0.05) is 18.2 Å². The Kier molecular flexibility index (Phi) is 6.62. The van der Waals surface area contributed by atoms with Gasteiger partial charge < -0.3 is 23.9 Å². The number of aryl methyl sites for hydroxylation is 1. The number of carbonyl (C=O) groups is 2. The van der Waals surface area contributed by atoms with Crippen molar-refractivity contribution in [2.75, 3.05) is 7.11 Å². The summed E-state index contributed by atoms with van der Waals surface area (Å²) in [5.41, 5.74) is 2.66. The Bertz CT molecular complexity index is 2150. The lowest BCUT2D eigenvalue weighted by Crippen LogP contribution is -2.20. The predicted octanol–water partition coefficient (Wildman–Crippen LogP) is 5.50. The number of rotatable bonds is 7. The molecule has 11 nitrogen and oxygen atoms in total. The number of hydrogen-bond acceptors (Lipinski definition) is 7. The van der Waals surface area contributed by atoms with Gasteiger partial charge in [-0.3, -0.25) is 4.79 Å². The van der Waals surface area contributed by atoms with E-state index in [1.807, 2.05) is 6.07 Å². The minimum Gasteiger partial charge on any atom is -0.496 e. The van der Waals surface area contributed by atoms with E-state index in [1.165, 1.54) is 23.0 Å². The van der Waals surface area contributed by atoms with E-state index in [1.54, 1.807) is 74.1 Å². The van der Waals surface area contributed by atoms with Gasteiger partial charge in [0.15, 0.2) is 5.76 Å². The number of hydrogen-bond donors (Lipinski definition) is 2. The molecule has 214 valence electrons. The van der Waals surface area contributed by atoms with Crippen LogP contribution in [0, 0.1) is 13.8 Å². The molecule has 0 saturated heterocycles. The molecule has 2 N–H and O–H groups in total. The molecule has 0 saturated carbocycles. The molecule has 3 aromatic heterocycles. The number of benzene rings is 3. The van der Waals surface area contributed by atoms with E-state index in [0.717, 1.165) is 6.07 Å². The molecule has 6 rings (SSSR count).